The lowest BCUT2D eigenvalue weighted by molar-refractivity contribution is -0.184. The number of piperidine rings is 1. The largest absolute Gasteiger partial charge is 0.466 e. The highest BCUT2D eigenvalue weighted by molar-refractivity contribution is 5.74. The standard InChI is InChI=1S/C16H21F2NO2/c1-3-21-15(20)14-11-19(9-12(2)16(14,17)18)10-13-7-5-4-6-8-13/h4-8,12,14H,3,9-11H2,1-2H3. The molecule has 0 bridgehead atoms. The van der Waals surface area contributed by atoms with Crippen LogP contribution < -0.4 is 0 Å². The normalized spacial score (nSPS) is 25.5. The molecule has 0 amide bonds. The molecule has 2 rings (SSSR count). The number of carbonyl (C=O) groups excluding carboxylic acids is 1. The maximum atomic E-state index is 14.2. The van der Waals surface area contributed by atoms with E-state index in [1.807, 2.05) is 35.2 Å². The summed E-state index contributed by atoms with van der Waals surface area (Å²) in [6, 6.07) is 9.66. The van der Waals surface area contributed by atoms with E-state index in [1.165, 1.54) is 6.92 Å². The number of rotatable bonds is 4. The lowest BCUT2D eigenvalue weighted by Gasteiger charge is -2.41. The summed E-state index contributed by atoms with van der Waals surface area (Å²) in [6.07, 6.45) is 0. The molecule has 1 fully saturated rings. The molecule has 1 aromatic rings. The molecular formula is C16H21F2NO2. The van der Waals surface area contributed by atoms with E-state index in [0.29, 0.717) is 6.54 Å². The van der Waals surface area contributed by atoms with Crippen molar-refractivity contribution in [3.63, 3.8) is 0 Å². The first-order valence-corrected chi connectivity index (χ1v) is 7.25. The molecule has 1 aliphatic heterocycles. The molecule has 1 aliphatic rings. The van der Waals surface area contributed by atoms with Crippen LogP contribution in [0.15, 0.2) is 30.3 Å². The summed E-state index contributed by atoms with van der Waals surface area (Å²) >= 11 is 0. The van der Waals surface area contributed by atoms with E-state index in [-0.39, 0.29) is 19.7 Å². The van der Waals surface area contributed by atoms with Crippen molar-refractivity contribution >= 4 is 5.97 Å². The molecule has 21 heavy (non-hydrogen) atoms. The molecule has 0 saturated carbocycles. The van der Waals surface area contributed by atoms with Crippen molar-refractivity contribution in [3.8, 4) is 0 Å². The van der Waals surface area contributed by atoms with Gasteiger partial charge in [-0.1, -0.05) is 37.3 Å². The zero-order valence-corrected chi connectivity index (χ0v) is 12.4. The monoisotopic (exact) mass is 297 g/mol. The van der Waals surface area contributed by atoms with Crippen molar-refractivity contribution < 1.29 is 18.3 Å². The Labute approximate surface area is 123 Å². The van der Waals surface area contributed by atoms with Crippen molar-refractivity contribution in [3.05, 3.63) is 35.9 Å². The predicted octanol–water partition coefficient (Wildman–Crippen LogP) is 2.95. The Morgan fingerprint density at radius 3 is 2.62 bits per heavy atom. The summed E-state index contributed by atoms with van der Waals surface area (Å²) in [6.45, 7) is 4.12. The Kier molecular flexibility index (Phi) is 4.93. The Bertz CT molecular complexity index is 478. The average Bonchev–Trinajstić information content (AvgIpc) is 2.44. The number of halogens is 2. The Balaban J connectivity index is 2.11. The van der Waals surface area contributed by atoms with E-state index in [9.17, 15) is 13.6 Å². The minimum Gasteiger partial charge on any atom is -0.466 e. The lowest BCUT2D eigenvalue weighted by atomic mass is 9.85. The van der Waals surface area contributed by atoms with Crippen LogP contribution >= 0.6 is 0 Å². The smallest absolute Gasteiger partial charge is 0.316 e. The van der Waals surface area contributed by atoms with Crippen LogP contribution in [-0.4, -0.2) is 36.5 Å². The molecule has 1 aromatic carbocycles. The molecule has 0 N–H and O–H groups in total. The maximum Gasteiger partial charge on any atom is 0.316 e. The summed E-state index contributed by atoms with van der Waals surface area (Å²) in [4.78, 5) is 13.7. The van der Waals surface area contributed by atoms with Gasteiger partial charge in [0.2, 0.25) is 0 Å². The number of alkyl halides is 2. The number of hydrogen-bond donors (Lipinski definition) is 0. The van der Waals surface area contributed by atoms with Crippen LogP contribution in [0.25, 0.3) is 0 Å². The van der Waals surface area contributed by atoms with Crippen molar-refractivity contribution in [2.75, 3.05) is 19.7 Å². The van der Waals surface area contributed by atoms with Gasteiger partial charge in [-0.2, -0.15) is 0 Å². The van der Waals surface area contributed by atoms with E-state index < -0.39 is 23.7 Å². The molecule has 5 heteroatoms. The van der Waals surface area contributed by atoms with Gasteiger partial charge in [0.05, 0.1) is 6.61 Å². The molecule has 1 saturated heterocycles. The minimum atomic E-state index is -3.01. The number of likely N-dealkylation sites (tertiary alicyclic amines) is 1. The van der Waals surface area contributed by atoms with Crippen LogP contribution in [-0.2, 0) is 16.1 Å². The second kappa shape index (κ2) is 6.52. The number of benzene rings is 1. The van der Waals surface area contributed by atoms with Gasteiger partial charge in [-0.05, 0) is 12.5 Å². The van der Waals surface area contributed by atoms with Gasteiger partial charge in [0.1, 0.15) is 5.92 Å². The van der Waals surface area contributed by atoms with Gasteiger partial charge < -0.3 is 4.74 Å². The van der Waals surface area contributed by atoms with Gasteiger partial charge in [0.15, 0.2) is 0 Å². The molecule has 2 atom stereocenters. The average molecular weight is 297 g/mol. The number of ether oxygens (including phenoxy) is 1. The first kappa shape index (κ1) is 15.9. The van der Waals surface area contributed by atoms with E-state index in [0.717, 1.165) is 5.56 Å². The fourth-order valence-electron chi connectivity index (χ4n) is 2.75. The van der Waals surface area contributed by atoms with Crippen molar-refractivity contribution in [2.45, 2.75) is 26.3 Å². The van der Waals surface area contributed by atoms with Crippen molar-refractivity contribution in [1.82, 2.24) is 4.90 Å². The lowest BCUT2D eigenvalue weighted by Crippen LogP contribution is -2.55. The number of esters is 1. The summed E-state index contributed by atoms with van der Waals surface area (Å²) in [7, 11) is 0. The summed E-state index contributed by atoms with van der Waals surface area (Å²) in [5.74, 6) is -6.07. The topological polar surface area (TPSA) is 29.5 Å². The number of hydrogen-bond acceptors (Lipinski definition) is 3. The zero-order chi connectivity index (χ0) is 15.5. The Hall–Kier alpha value is -1.49. The summed E-state index contributed by atoms with van der Waals surface area (Å²) < 4.78 is 33.3. The third kappa shape index (κ3) is 3.59. The number of carbonyl (C=O) groups is 1. The highest BCUT2D eigenvalue weighted by atomic mass is 19.3. The van der Waals surface area contributed by atoms with Gasteiger partial charge >= 0.3 is 5.97 Å². The van der Waals surface area contributed by atoms with Crippen LogP contribution in [0.2, 0.25) is 0 Å². The molecule has 3 nitrogen and oxygen atoms in total. The fourth-order valence-corrected chi connectivity index (χ4v) is 2.75. The third-order valence-corrected chi connectivity index (χ3v) is 3.91. The van der Waals surface area contributed by atoms with Gasteiger partial charge in [0, 0.05) is 25.6 Å². The van der Waals surface area contributed by atoms with E-state index in [1.54, 1.807) is 6.92 Å². The second-order valence-electron chi connectivity index (χ2n) is 5.56. The summed E-state index contributed by atoms with van der Waals surface area (Å²) in [5, 5.41) is 0. The molecule has 0 spiro atoms. The molecule has 2 unspecified atom stereocenters. The molecular weight excluding hydrogens is 276 g/mol. The van der Waals surface area contributed by atoms with E-state index >= 15 is 0 Å². The third-order valence-electron chi connectivity index (χ3n) is 3.91. The number of nitrogens with zero attached hydrogens (tertiary/aromatic N) is 1. The van der Waals surface area contributed by atoms with E-state index in [2.05, 4.69) is 0 Å². The zero-order valence-electron chi connectivity index (χ0n) is 12.4. The van der Waals surface area contributed by atoms with Crippen molar-refractivity contribution in [1.29, 1.82) is 0 Å². The fraction of sp³-hybridized carbons (Fsp3) is 0.562. The van der Waals surface area contributed by atoms with Crippen molar-refractivity contribution in [2.24, 2.45) is 11.8 Å². The van der Waals surface area contributed by atoms with E-state index in [4.69, 9.17) is 4.74 Å². The van der Waals surface area contributed by atoms with Gasteiger partial charge in [-0.25, -0.2) is 8.78 Å². The van der Waals surface area contributed by atoms with Crippen LogP contribution in [0.5, 0.6) is 0 Å². The molecule has 116 valence electrons. The van der Waals surface area contributed by atoms with Crippen LogP contribution in [0, 0.1) is 11.8 Å². The van der Waals surface area contributed by atoms with Gasteiger partial charge in [0.25, 0.3) is 5.92 Å². The Morgan fingerprint density at radius 1 is 1.33 bits per heavy atom. The Morgan fingerprint density at radius 2 is 2.00 bits per heavy atom. The maximum absolute atomic E-state index is 14.2. The summed E-state index contributed by atoms with van der Waals surface area (Å²) in [5.41, 5.74) is 1.05. The van der Waals surface area contributed by atoms with Crippen LogP contribution in [0.1, 0.15) is 19.4 Å². The molecule has 0 aromatic heterocycles. The SMILES string of the molecule is CCOC(=O)C1CN(Cc2ccccc2)CC(C)C1(F)F. The quantitative estimate of drug-likeness (QED) is 0.800. The highest BCUT2D eigenvalue weighted by Crippen LogP contribution is 2.38. The van der Waals surface area contributed by atoms with Gasteiger partial charge in [-0.15, -0.1) is 0 Å². The second-order valence-corrected chi connectivity index (χ2v) is 5.56. The minimum absolute atomic E-state index is 0.0328. The van der Waals surface area contributed by atoms with Crippen LogP contribution in [0.4, 0.5) is 8.78 Å². The first-order chi connectivity index (χ1) is 9.95. The molecule has 0 radical (unpaired) electrons. The predicted molar refractivity (Wildman–Crippen MR) is 76.0 cm³/mol. The first-order valence-electron chi connectivity index (χ1n) is 7.25. The molecule has 0 aliphatic carbocycles. The van der Waals surface area contributed by atoms with Gasteiger partial charge in [-0.3, -0.25) is 9.69 Å². The molecule has 1 heterocycles. The van der Waals surface area contributed by atoms with Crippen LogP contribution in [0.3, 0.4) is 0 Å². The highest BCUT2D eigenvalue weighted by Gasteiger charge is 2.53.